The van der Waals surface area contributed by atoms with Crippen molar-refractivity contribution in [3.63, 3.8) is 0 Å². The Kier molecular flexibility index (Phi) is 1.74. The SMILES string of the molecule is CNC1(CC2CCS2(=O)=O)CC1. The molecule has 1 aliphatic heterocycles. The molecular formula is C8H15NO2S. The molecule has 0 aromatic rings. The van der Waals surface area contributed by atoms with E-state index < -0.39 is 9.84 Å². The van der Waals surface area contributed by atoms with Crippen LogP contribution in [0.15, 0.2) is 0 Å². The maximum absolute atomic E-state index is 11.2. The molecule has 0 aromatic carbocycles. The molecular weight excluding hydrogens is 174 g/mol. The topological polar surface area (TPSA) is 46.2 Å². The first-order valence-electron chi connectivity index (χ1n) is 4.48. The van der Waals surface area contributed by atoms with E-state index in [1.54, 1.807) is 0 Å². The summed E-state index contributed by atoms with van der Waals surface area (Å²) in [5.74, 6) is 0.414. The monoisotopic (exact) mass is 189 g/mol. The average molecular weight is 189 g/mol. The molecule has 1 saturated carbocycles. The van der Waals surface area contributed by atoms with Crippen LogP contribution >= 0.6 is 0 Å². The lowest BCUT2D eigenvalue weighted by Gasteiger charge is -2.29. The molecule has 0 amide bonds. The minimum Gasteiger partial charge on any atom is -0.314 e. The fourth-order valence-corrected chi connectivity index (χ4v) is 3.38. The van der Waals surface area contributed by atoms with Gasteiger partial charge in [-0.2, -0.15) is 0 Å². The summed E-state index contributed by atoms with van der Waals surface area (Å²) in [5, 5.41) is 3.19. The van der Waals surface area contributed by atoms with E-state index in [0.29, 0.717) is 5.75 Å². The molecule has 2 aliphatic rings. The molecule has 3 nitrogen and oxygen atoms in total. The molecule has 1 heterocycles. The van der Waals surface area contributed by atoms with Gasteiger partial charge in [0.2, 0.25) is 0 Å². The van der Waals surface area contributed by atoms with Gasteiger partial charge < -0.3 is 5.32 Å². The normalized spacial score (nSPS) is 35.6. The molecule has 70 valence electrons. The summed E-state index contributed by atoms with van der Waals surface area (Å²) < 4.78 is 22.4. The highest BCUT2D eigenvalue weighted by molar-refractivity contribution is 7.93. The van der Waals surface area contributed by atoms with E-state index in [-0.39, 0.29) is 10.8 Å². The highest BCUT2D eigenvalue weighted by atomic mass is 32.2. The van der Waals surface area contributed by atoms with Crippen LogP contribution in [-0.2, 0) is 9.84 Å². The fourth-order valence-electron chi connectivity index (χ4n) is 1.85. The first-order valence-corrected chi connectivity index (χ1v) is 6.20. The number of nitrogens with one attached hydrogen (secondary N) is 1. The van der Waals surface area contributed by atoms with Crippen LogP contribution in [0, 0.1) is 0 Å². The van der Waals surface area contributed by atoms with Crippen molar-refractivity contribution in [1.29, 1.82) is 0 Å². The highest BCUT2D eigenvalue weighted by Gasteiger charge is 2.48. The minimum atomic E-state index is -2.67. The Morgan fingerprint density at radius 2 is 2.17 bits per heavy atom. The average Bonchev–Trinajstić information content (AvgIpc) is 2.80. The zero-order valence-corrected chi connectivity index (χ0v) is 8.15. The Labute approximate surface area is 73.5 Å². The minimum absolute atomic E-state index is 0.0348. The van der Waals surface area contributed by atoms with Gasteiger partial charge in [-0.05, 0) is 32.7 Å². The summed E-state index contributed by atoms with van der Waals surface area (Å²) in [7, 11) is -0.737. The summed E-state index contributed by atoms with van der Waals surface area (Å²) in [6.07, 6.45) is 4.02. The van der Waals surface area contributed by atoms with Crippen LogP contribution in [0.4, 0.5) is 0 Å². The van der Waals surface area contributed by atoms with Crippen LogP contribution < -0.4 is 5.32 Å². The van der Waals surface area contributed by atoms with Crippen molar-refractivity contribution in [2.75, 3.05) is 12.8 Å². The lowest BCUT2D eigenvalue weighted by Crippen LogP contribution is -2.43. The summed E-state index contributed by atoms with van der Waals surface area (Å²) in [6.45, 7) is 0. The summed E-state index contributed by atoms with van der Waals surface area (Å²) in [6, 6.07) is 0. The third kappa shape index (κ3) is 1.27. The molecule has 0 radical (unpaired) electrons. The van der Waals surface area contributed by atoms with E-state index in [1.807, 2.05) is 7.05 Å². The third-order valence-corrected chi connectivity index (χ3v) is 5.46. The first kappa shape index (κ1) is 8.51. The Morgan fingerprint density at radius 1 is 1.50 bits per heavy atom. The predicted molar refractivity (Wildman–Crippen MR) is 47.8 cm³/mol. The van der Waals surface area contributed by atoms with Crippen LogP contribution in [0.3, 0.4) is 0 Å². The van der Waals surface area contributed by atoms with E-state index in [4.69, 9.17) is 0 Å². The van der Waals surface area contributed by atoms with Gasteiger partial charge in [-0.25, -0.2) is 8.42 Å². The Hall–Kier alpha value is -0.0900. The van der Waals surface area contributed by atoms with Crippen molar-refractivity contribution in [3.8, 4) is 0 Å². The van der Waals surface area contributed by atoms with Crippen LogP contribution in [0.5, 0.6) is 0 Å². The maximum atomic E-state index is 11.2. The van der Waals surface area contributed by atoms with Crippen molar-refractivity contribution < 1.29 is 8.42 Å². The van der Waals surface area contributed by atoms with E-state index in [2.05, 4.69) is 5.32 Å². The van der Waals surface area contributed by atoms with Gasteiger partial charge in [0.25, 0.3) is 0 Å². The number of rotatable bonds is 3. The fraction of sp³-hybridized carbons (Fsp3) is 1.00. The first-order chi connectivity index (χ1) is 5.58. The van der Waals surface area contributed by atoms with Gasteiger partial charge in [0.1, 0.15) is 0 Å². The zero-order chi connectivity index (χ0) is 8.82. The standard InChI is InChI=1S/C8H15NO2S/c1-9-8(3-4-8)6-7-2-5-12(7,10)11/h7,9H,2-6H2,1H3. The van der Waals surface area contributed by atoms with E-state index in [0.717, 1.165) is 25.7 Å². The lowest BCUT2D eigenvalue weighted by molar-refractivity contribution is 0.455. The third-order valence-electron chi connectivity index (χ3n) is 3.23. The van der Waals surface area contributed by atoms with Crippen LogP contribution in [0.2, 0.25) is 0 Å². The number of hydrogen-bond donors (Lipinski definition) is 1. The molecule has 1 saturated heterocycles. The van der Waals surface area contributed by atoms with E-state index >= 15 is 0 Å². The van der Waals surface area contributed by atoms with Gasteiger partial charge in [0.05, 0.1) is 11.0 Å². The highest BCUT2D eigenvalue weighted by Crippen LogP contribution is 2.43. The van der Waals surface area contributed by atoms with Crippen LogP contribution in [-0.4, -0.2) is 32.0 Å². The summed E-state index contributed by atoms with van der Waals surface area (Å²) in [4.78, 5) is 0. The van der Waals surface area contributed by atoms with E-state index in [1.165, 1.54) is 0 Å². The Balaban J connectivity index is 1.96. The molecule has 2 rings (SSSR count). The molecule has 1 aliphatic carbocycles. The molecule has 0 aromatic heterocycles. The quantitative estimate of drug-likeness (QED) is 0.695. The van der Waals surface area contributed by atoms with Gasteiger partial charge in [0, 0.05) is 5.54 Å². The molecule has 1 N–H and O–H groups in total. The Morgan fingerprint density at radius 3 is 2.42 bits per heavy atom. The number of sulfone groups is 1. The summed E-state index contributed by atoms with van der Waals surface area (Å²) in [5.41, 5.74) is 0.193. The van der Waals surface area contributed by atoms with Crippen molar-refractivity contribution in [2.24, 2.45) is 0 Å². The van der Waals surface area contributed by atoms with Gasteiger partial charge in [-0.3, -0.25) is 0 Å². The molecule has 0 bridgehead atoms. The second-order valence-corrected chi connectivity index (χ2v) is 6.41. The van der Waals surface area contributed by atoms with Crippen molar-refractivity contribution in [3.05, 3.63) is 0 Å². The van der Waals surface area contributed by atoms with E-state index in [9.17, 15) is 8.42 Å². The summed E-state index contributed by atoms with van der Waals surface area (Å²) >= 11 is 0. The lowest BCUT2D eigenvalue weighted by atomic mass is 10.1. The number of hydrogen-bond acceptors (Lipinski definition) is 3. The Bertz CT molecular complexity index is 279. The molecule has 1 atom stereocenters. The predicted octanol–water partition coefficient (Wildman–Crippen LogP) is 0.316. The zero-order valence-electron chi connectivity index (χ0n) is 7.34. The molecule has 2 fully saturated rings. The second-order valence-electron chi connectivity index (χ2n) is 4.01. The van der Waals surface area contributed by atoms with Gasteiger partial charge in [0.15, 0.2) is 9.84 Å². The van der Waals surface area contributed by atoms with Crippen molar-refractivity contribution in [2.45, 2.75) is 36.5 Å². The molecule has 4 heteroatoms. The largest absolute Gasteiger partial charge is 0.314 e. The van der Waals surface area contributed by atoms with Crippen molar-refractivity contribution in [1.82, 2.24) is 5.32 Å². The molecule has 0 spiro atoms. The smallest absolute Gasteiger partial charge is 0.153 e. The molecule has 12 heavy (non-hydrogen) atoms. The van der Waals surface area contributed by atoms with Gasteiger partial charge >= 0.3 is 0 Å². The van der Waals surface area contributed by atoms with Gasteiger partial charge in [-0.15, -0.1) is 0 Å². The van der Waals surface area contributed by atoms with Gasteiger partial charge in [-0.1, -0.05) is 0 Å². The molecule has 1 unspecified atom stereocenters. The van der Waals surface area contributed by atoms with Crippen LogP contribution in [0.1, 0.15) is 25.7 Å². The second kappa shape index (κ2) is 2.45. The van der Waals surface area contributed by atoms with Crippen LogP contribution in [0.25, 0.3) is 0 Å². The maximum Gasteiger partial charge on any atom is 0.153 e. The van der Waals surface area contributed by atoms with Crippen molar-refractivity contribution >= 4 is 9.84 Å².